The molecule has 29 heavy (non-hydrogen) atoms. The molecule has 0 bridgehead atoms. The number of hydrogen-bond donors (Lipinski definition) is 1. The average Bonchev–Trinajstić information content (AvgIpc) is 2.78. The van der Waals surface area contributed by atoms with Gasteiger partial charge in [0.2, 0.25) is 0 Å². The predicted octanol–water partition coefficient (Wildman–Crippen LogP) is 6.82. The minimum Gasteiger partial charge on any atom is -0.507 e. The summed E-state index contributed by atoms with van der Waals surface area (Å²) in [4.78, 5) is 0. The Morgan fingerprint density at radius 3 is 2.07 bits per heavy atom. The van der Waals surface area contributed by atoms with Crippen LogP contribution in [0.4, 0.5) is 0 Å². The molecule has 0 spiro atoms. The molecule has 4 rings (SSSR count). The van der Waals surface area contributed by atoms with Gasteiger partial charge < -0.3 is 9.84 Å². The quantitative estimate of drug-likeness (QED) is 0.399. The number of phenolic OH excluding ortho intramolecular Hbond substituents is 1. The van der Waals surface area contributed by atoms with Crippen LogP contribution in [0.15, 0.2) is 109 Å². The summed E-state index contributed by atoms with van der Waals surface area (Å²) in [6.07, 6.45) is 4.01. The lowest BCUT2D eigenvalue weighted by atomic mass is 9.93. The minimum absolute atomic E-state index is 0.206. The molecule has 1 N–H and O–H groups in total. The number of rotatable bonds is 6. The molecule has 0 fully saturated rings. The van der Waals surface area contributed by atoms with Gasteiger partial charge in [0.1, 0.15) is 18.1 Å². The summed E-state index contributed by atoms with van der Waals surface area (Å²) in [5.41, 5.74) is 4.93. The summed E-state index contributed by atoms with van der Waals surface area (Å²) in [5.74, 6) is 0.865. The third kappa shape index (κ3) is 4.39. The van der Waals surface area contributed by atoms with E-state index in [1.54, 1.807) is 12.1 Å². The first-order valence-corrected chi connectivity index (χ1v) is 9.64. The van der Waals surface area contributed by atoms with E-state index < -0.39 is 0 Å². The summed E-state index contributed by atoms with van der Waals surface area (Å²) in [6, 6.07) is 33.8. The normalized spacial score (nSPS) is 10.9. The van der Waals surface area contributed by atoms with E-state index in [1.807, 2.05) is 84.9 Å². The first-order valence-electron chi connectivity index (χ1n) is 9.64. The van der Waals surface area contributed by atoms with E-state index in [4.69, 9.17) is 4.74 Å². The van der Waals surface area contributed by atoms with Gasteiger partial charge in [0.25, 0.3) is 0 Å². The first kappa shape index (κ1) is 18.6. The fourth-order valence-corrected chi connectivity index (χ4v) is 3.37. The van der Waals surface area contributed by atoms with Crippen molar-refractivity contribution >= 4 is 6.08 Å². The summed E-state index contributed by atoms with van der Waals surface area (Å²) >= 11 is 0. The Hall–Kier alpha value is -3.78. The molecule has 0 amide bonds. The summed E-state index contributed by atoms with van der Waals surface area (Å²) < 4.78 is 6.04. The number of ether oxygens (including phenoxy) is 1. The molecule has 4 aromatic rings. The number of hydrogen-bond acceptors (Lipinski definition) is 2. The maximum absolute atomic E-state index is 10.7. The van der Waals surface area contributed by atoms with Gasteiger partial charge >= 0.3 is 0 Å². The highest BCUT2D eigenvalue weighted by atomic mass is 16.5. The van der Waals surface area contributed by atoms with E-state index in [1.165, 1.54) is 0 Å². The molecule has 0 saturated heterocycles. The molecular weight excluding hydrogens is 356 g/mol. The largest absolute Gasteiger partial charge is 0.507 e. The van der Waals surface area contributed by atoms with Gasteiger partial charge in [-0.2, -0.15) is 0 Å². The Morgan fingerprint density at radius 2 is 1.31 bits per heavy atom. The second-order valence-electron chi connectivity index (χ2n) is 6.69. The Balaban J connectivity index is 1.65. The van der Waals surface area contributed by atoms with Gasteiger partial charge in [0.05, 0.1) is 5.56 Å². The van der Waals surface area contributed by atoms with E-state index in [0.717, 1.165) is 22.3 Å². The smallest absolute Gasteiger partial charge is 0.131 e. The molecule has 2 nitrogen and oxygen atoms in total. The molecule has 4 aromatic carbocycles. The molecule has 0 aliphatic rings. The zero-order valence-corrected chi connectivity index (χ0v) is 16.0. The highest BCUT2D eigenvalue weighted by Crippen LogP contribution is 2.42. The number of benzene rings is 4. The average molecular weight is 378 g/mol. The molecule has 0 unspecified atom stereocenters. The van der Waals surface area contributed by atoms with Crippen molar-refractivity contribution in [1.29, 1.82) is 0 Å². The zero-order chi connectivity index (χ0) is 19.9. The van der Waals surface area contributed by atoms with Crippen molar-refractivity contribution in [3.63, 3.8) is 0 Å². The monoisotopic (exact) mass is 378 g/mol. The van der Waals surface area contributed by atoms with E-state index in [0.29, 0.717) is 17.9 Å². The van der Waals surface area contributed by atoms with Crippen molar-refractivity contribution in [3.8, 4) is 33.8 Å². The van der Waals surface area contributed by atoms with Crippen LogP contribution in [-0.2, 0) is 0 Å². The molecule has 0 aliphatic carbocycles. The molecule has 0 aromatic heterocycles. The van der Waals surface area contributed by atoms with Crippen molar-refractivity contribution < 1.29 is 9.84 Å². The van der Waals surface area contributed by atoms with Gasteiger partial charge in [0, 0.05) is 0 Å². The maximum atomic E-state index is 10.7. The molecule has 0 atom stereocenters. The summed E-state index contributed by atoms with van der Waals surface area (Å²) in [6.45, 7) is 0.416. The maximum Gasteiger partial charge on any atom is 0.131 e. The third-order valence-corrected chi connectivity index (χ3v) is 4.73. The van der Waals surface area contributed by atoms with Crippen molar-refractivity contribution in [3.05, 3.63) is 115 Å². The minimum atomic E-state index is 0.206. The fraction of sp³-hybridized carbons (Fsp3) is 0.0370. The Bertz CT molecular complexity index is 1100. The molecule has 0 heterocycles. The topological polar surface area (TPSA) is 29.5 Å². The van der Waals surface area contributed by atoms with Crippen LogP contribution in [-0.4, -0.2) is 11.7 Å². The van der Waals surface area contributed by atoms with E-state index in [-0.39, 0.29) is 5.75 Å². The van der Waals surface area contributed by atoms with Crippen LogP contribution in [0.5, 0.6) is 11.5 Å². The van der Waals surface area contributed by atoms with E-state index >= 15 is 0 Å². The predicted molar refractivity (Wildman–Crippen MR) is 120 cm³/mol. The van der Waals surface area contributed by atoms with Gasteiger partial charge in [-0.3, -0.25) is 0 Å². The van der Waals surface area contributed by atoms with Gasteiger partial charge in [-0.05, 0) is 40.5 Å². The third-order valence-electron chi connectivity index (χ3n) is 4.73. The fourth-order valence-electron chi connectivity index (χ4n) is 3.37. The van der Waals surface area contributed by atoms with Crippen LogP contribution in [0.3, 0.4) is 0 Å². The van der Waals surface area contributed by atoms with Crippen molar-refractivity contribution in [2.75, 3.05) is 6.61 Å². The summed E-state index contributed by atoms with van der Waals surface area (Å²) in [7, 11) is 0. The lowest BCUT2D eigenvalue weighted by molar-refractivity contribution is 0.362. The molecule has 142 valence electrons. The van der Waals surface area contributed by atoms with Gasteiger partial charge in [-0.25, -0.2) is 0 Å². The van der Waals surface area contributed by atoms with Gasteiger partial charge in [-0.15, -0.1) is 0 Å². The Morgan fingerprint density at radius 1 is 0.655 bits per heavy atom. The van der Waals surface area contributed by atoms with Gasteiger partial charge in [0.15, 0.2) is 0 Å². The van der Waals surface area contributed by atoms with Crippen LogP contribution in [0.25, 0.3) is 28.3 Å². The van der Waals surface area contributed by atoms with Crippen molar-refractivity contribution in [2.24, 2.45) is 0 Å². The van der Waals surface area contributed by atoms with Crippen LogP contribution in [0.2, 0.25) is 0 Å². The first-order chi connectivity index (χ1) is 14.3. The standard InChI is InChI=1S/C27H22O2/c28-25-18-9-19-26(29-20-10-13-21-11-3-1-4-12-21)27(25)24-17-8-7-16-23(24)22-14-5-2-6-15-22/h1-19,28H,20H2. The second-order valence-corrected chi connectivity index (χ2v) is 6.69. The highest BCUT2D eigenvalue weighted by molar-refractivity contribution is 5.88. The van der Waals surface area contributed by atoms with E-state index in [2.05, 4.69) is 18.2 Å². The van der Waals surface area contributed by atoms with Gasteiger partial charge in [-0.1, -0.05) is 97.1 Å². The molecular formula is C27H22O2. The van der Waals surface area contributed by atoms with Crippen LogP contribution < -0.4 is 4.74 Å². The second kappa shape index (κ2) is 8.94. The molecule has 2 heteroatoms. The SMILES string of the molecule is Oc1cccc(OCC=Cc2ccccc2)c1-c1ccccc1-c1ccccc1. The van der Waals surface area contributed by atoms with Crippen LogP contribution >= 0.6 is 0 Å². The molecule has 0 saturated carbocycles. The number of aromatic hydroxyl groups is 1. The lowest BCUT2D eigenvalue weighted by Crippen LogP contribution is -1.97. The Labute approximate surface area is 171 Å². The van der Waals surface area contributed by atoms with Crippen molar-refractivity contribution in [1.82, 2.24) is 0 Å². The summed E-state index contributed by atoms with van der Waals surface area (Å²) in [5, 5.41) is 10.7. The lowest BCUT2D eigenvalue weighted by Gasteiger charge is -2.16. The van der Waals surface area contributed by atoms with Crippen LogP contribution in [0, 0.1) is 0 Å². The molecule has 0 radical (unpaired) electrons. The Kier molecular flexibility index (Phi) is 5.73. The van der Waals surface area contributed by atoms with E-state index in [9.17, 15) is 5.11 Å². The van der Waals surface area contributed by atoms with Crippen LogP contribution in [0.1, 0.15) is 5.56 Å². The number of phenols is 1. The zero-order valence-electron chi connectivity index (χ0n) is 16.0. The van der Waals surface area contributed by atoms with Crippen molar-refractivity contribution in [2.45, 2.75) is 0 Å². The molecule has 0 aliphatic heterocycles. The highest BCUT2D eigenvalue weighted by Gasteiger charge is 2.15.